The molecule has 0 bridgehead atoms. The SMILES string of the molecule is CNC(=O)C[C@@H](C)C(=O)O. The highest BCUT2D eigenvalue weighted by molar-refractivity contribution is 5.81. The van der Waals surface area contributed by atoms with Crippen LogP contribution >= 0.6 is 0 Å². The minimum atomic E-state index is -0.941. The summed E-state index contributed by atoms with van der Waals surface area (Å²) in [4.78, 5) is 20.7. The number of carboxylic acids is 1. The predicted octanol–water partition coefficient (Wildman–Crippen LogP) is -0.157. The van der Waals surface area contributed by atoms with Gasteiger partial charge in [0.2, 0.25) is 5.91 Å². The van der Waals surface area contributed by atoms with Crippen molar-refractivity contribution in [2.45, 2.75) is 13.3 Å². The summed E-state index contributed by atoms with van der Waals surface area (Å²) >= 11 is 0. The Labute approximate surface area is 59.2 Å². The molecule has 4 nitrogen and oxygen atoms in total. The molecule has 10 heavy (non-hydrogen) atoms. The molecule has 0 unspecified atom stereocenters. The van der Waals surface area contributed by atoms with Gasteiger partial charge in [0.15, 0.2) is 0 Å². The average Bonchev–Trinajstić information content (AvgIpc) is 1.87. The summed E-state index contributed by atoms with van der Waals surface area (Å²) in [5.74, 6) is -1.78. The number of aliphatic carboxylic acids is 1. The molecule has 1 atom stereocenters. The lowest BCUT2D eigenvalue weighted by molar-refractivity contribution is -0.143. The van der Waals surface area contributed by atoms with Crippen LogP contribution in [0.15, 0.2) is 0 Å². The number of nitrogens with one attached hydrogen (secondary N) is 1. The van der Waals surface area contributed by atoms with Gasteiger partial charge in [0.1, 0.15) is 0 Å². The Morgan fingerprint density at radius 1 is 1.60 bits per heavy atom. The van der Waals surface area contributed by atoms with Crippen molar-refractivity contribution in [2.24, 2.45) is 5.92 Å². The van der Waals surface area contributed by atoms with Crippen LogP contribution in [0, 0.1) is 5.92 Å². The molecule has 0 saturated heterocycles. The normalized spacial score (nSPS) is 12.2. The third-order valence-electron chi connectivity index (χ3n) is 1.19. The lowest BCUT2D eigenvalue weighted by atomic mass is 10.1. The lowest BCUT2D eigenvalue weighted by Crippen LogP contribution is -2.23. The summed E-state index contributed by atoms with van der Waals surface area (Å²) in [6.45, 7) is 1.50. The minimum Gasteiger partial charge on any atom is -0.481 e. The summed E-state index contributed by atoms with van der Waals surface area (Å²) in [6.07, 6.45) is 0.0475. The Balaban J connectivity index is 3.68. The standard InChI is InChI=1S/C6H11NO3/c1-4(6(9)10)3-5(8)7-2/h4H,3H2,1-2H3,(H,7,8)(H,9,10)/t4-/m1/s1. The first-order valence-electron chi connectivity index (χ1n) is 3.01. The Morgan fingerprint density at radius 2 is 2.10 bits per heavy atom. The number of carbonyl (C=O) groups excluding carboxylic acids is 1. The number of carbonyl (C=O) groups is 2. The number of hydrogen-bond donors (Lipinski definition) is 2. The maximum Gasteiger partial charge on any atom is 0.306 e. The highest BCUT2D eigenvalue weighted by Gasteiger charge is 2.13. The molecule has 0 rings (SSSR count). The fraction of sp³-hybridized carbons (Fsp3) is 0.667. The quantitative estimate of drug-likeness (QED) is 0.580. The Kier molecular flexibility index (Phi) is 3.46. The fourth-order valence-corrected chi connectivity index (χ4v) is 0.467. The third-order valence-corrected chi connectivity index (χ3v) is 1.19. The Bertz CT molecular complexity index is 144. The van der Waals surface area contributed by atoms with E-state index in [1.807, 2.05) is 0 Å². The summed E-state index contributed by atoms with van der Waals surface area (Å²) in [6, 6.07) is 0. The molecule has 0 aliphatic carbocycles. The molecule has 58 valence electrons. The van der Waals surface area contributed by atoms with E-state index in [0.29, 0.717) is 0 Å². The zero-order chi connectivity index (χ0) is 8.15. The molecule has 0 aliphatic heterocycles. The number of rotatable bonds is 3. The van der Waals surface area contributed by atoms with Crippen LogP contribution in [0.25, 0.3) is 0 Å². The molecule has 0 saturated carbocycles. The van der Waals surface area contributed by atoms with Gasteiger partial charge in [0, 0.05) is 13.5 Å². The van der Waals surface area contributed by atoms with E-state index in [1.54, 1.807) is 0 Å². The van der Waals surface area contributed by atoms with E-state index in [-0.39, 0.29) is 12.3 Å². The van der Waals surface area contributed by atoms with Crippen LogP contribution in [0.3, 0.4) is 0 Å². The van der Waals surface area contributed by atoms with Gasteiger partial charge in [-0.2, -0.15) is 0 Å². The molecular formula is C6H11NO3. The van der Waals surface area contributed by atoms with Crippen LogP contribution in [-0.4, -0.2) is 24.0 Å². The van der Waals surface area contributed by atoms with Crippen LogP contribution in [0.1, 0.15) is 13.3 Å². The zero-order valence-corrected chi connectivity index (χ0v) is 6.05. The molecule has 0 heterocycles. The summed E-state index contributed by atoms with van der Waals surface area (Å²) in [5, 5.41) is 10.7. The molecule has 0 aromatic heterocycles. The number of hydrogen-bond acceptors (Lipinski definition) is 2. The highest BCUT2D eigenvalue weighted by atomic mass is 16.4. The smallest absolute Gasteiger partial charge is 0.306 e. The molecule has 2 N–H and O–H groups in total. The molecule has 0 aromatic rings. The van der Waals surface area contributed by atoms with Gasteiger partial charge in [0.25, 0.3) is 0 Å². The van der Waals surface area contributed by atoms with E-state index in [4.69, 9.17) is 5.11 Å². The van der Waals surface area contributed by atoms with Gasteiger partial charge in [-0.05, 0) is 0 Å². The number of amides is 1. The minimum absolute atomic E-state index is 0.0475. The monoisotopic (exact) mass is 145 g/mol. The summed E-state index contributed by atoms with van der Waals surface area (Å²) in [5.41, 5.74) is 0. The van der Waals surface area contributed by atoms with Crippen molar-refractivity contribution in [3.8, 4) is 0 Å². The van der Waals surface area contributed by atoms with Crippen molar-refractivity contribution >= 4 is 11.9 Å². The molecule has 0 aliphatic rings. The van der Waals surface area contributed by atoms with Gasteiger partial charge in [-0.25, -0.2) is 0 Å². The van der Waals surface area contributed by atoms with E-state index in [1.165, 1.54) is 14.0 Å². The van der Waals surface area contributed by atoms with E-state index >= 15 is 0 Å². The van der Waals surface area contributed by atoms with Crippen LogP contribution in [0.5, 0.6) is 0 Å². The first-order valence-corrected chi connectivity index (χ1v) is 3.01. The first kappa shape index (κ1) is 8.94. The van der Waals surface area contributed by atoms with Gasteiger partial charge >= 0.3 is 5.97 Å². The van der Waals surface area contributed by atoms with Gasteiger partial charge in [0.05, 0.1) is 5.92 Å². The van der Waals surface area contributed by atoms with Gasteiger partial charge in [-0.15, -0.1) is 0 Å². The van der Waals surface area contributed by atoms with Crippen LogP contribution in [0.2, 0.25) is 0 Å². The third kappa shape index (κ3) is 3.06. The van der Waals surface area contributed by atoms with E-state index in [9.17, 15) is 9.59 Å². The number of carboxylic acid groups (broad SMARTS) is 1. The largest absolute Gasteiger partial charge is 0.481 e. The summed E-state index contributed by atoms with van der Waals surface area (Å²) in [7, 11) is 1.48. The second-order valence-electron chi connectivity index (χ2n) is 2.12. The molecule has 4 heteroatoms. The second-order valence-corrected chi connectivity index (χ2v) is 2.12. The van der Waals surface area contributed by atoms with Crippen molar-refractivity contribution < 1.29 is 14.7 Å². The lowest BCUT2D eigenvalue weighted by Gasteiger charge is -2.02. The Hall–Kier alpha value is -1.06. The van der Waals surface area contributed by atoms with Crippen molar-refractivity contribution in [1.29, 1.82) is 0 Å². The fourth-order valence-electron chi connectivity index (χ4n) is 0.467. The maximum absolute atomic E-state index is 10.6. The molecular weight excluding hydrogens is 134 g/mol. The second kappa shape index (κ2) is 3.87. The van der Waals surface area contributed by atoms with Crippen molar-refractivity contribution in [3.05, 3.63) is 0 Å². The summed E-state index contributed by atoms with van der Waals surface area (Å²) < 4.78 is 0. The van der Waals surface area contributed by atoms with Gasteiger partial charge < -0.3 is 10.4 Å². The highest BCUT2D eigenvalue weighted by Crippen LogP contribution is 1.99. The molecule has 1 amide bonds. The van der Waals surface area contributed by atoms with Gasteiger partial charge in [-0.3, -0.25) is 9.59 Å². The molecule has 0 fully saturated rings. The van der Waals surface area contributed by atoms with E-state index in [2.05, 4.69) is 5.32 Å². The van der Waals surface area contributed by atoms with Crippen LogP contribution in [-0.2, 0) is 9.59 Å². The van der Waals surface area contributed by atoms with E-state index < -0.39 is 11.9 Å². The molecule has 0 radical (unpaired) electrons. The average molecular weight is 145 g/mol. The Morgan fingerprint density at radius 3 is 2.40 bits per heavy atom. The zero-order valence-electron chi connectivity index (χ0n) is 6.05. The molecule has 0 spiro atoms. The maximum atomic E-state index is 10.6. The molecule has 0 aromatic carbocycles. The van der Waals surface area contributed by atoms with Gasteiger partial charge in [-0.1, -0.05) is 6.92 Å². The van der Waals surface area contributed by atoms with Crippen molar-refractivity contribution in [3.63, 3.8) is 0 Å². The van der Waals surface area contributed by atoms with Crippen LogP contribution < -0.4 is 5.32 Å². The van der Waals surface area contributed by atoms with Crippen molar-refractivity contribution in [1.82, 2.24) is 5.32 Å². The van der Waals surface area contributed by atoms with Crippen molar-refractivity contribution in [2.75, 3.05) is 7.05 Å². The first-order chi connectivity index (χ1) is 4.57. The topological polar surface area (TPSA) is 66.4 Å². The van der Waals surface area contributed by atoms with Crippen LogP contribution in [0.4, 0.5) is 0 Å². The predicted molar refractivity (Wildman–Crippen MR) is 35.5 cm³/mol. The van der Waals surface area contributed by atoms with E-state index in [0.717, 1.165) is 0 Å².